The lowest BCUT2D eigenvalue weighted by atomic mass is 9.39. The van der Waals surface area contributed by atoms with Gasteiger partial charge in [-0.3, -0.25) is 0 Å². The minimum atomic E-state index is 0.262. The van der Waals surface area contributed by atoms with E-state index in [0.29, 0.717) is 16.2 Å². The van der Waals surface area contributed by atoms with Crippen LogP contribution in [0.25, 0.3) is 0 Å². The average molecular weight is 304 g/mol. The standard InChI is InChI=1S/C19H29NS/c1-12-5-13(2)21-15(12)16(20)19-8-14-6-17(3,10-19)9-18(4,7-14)11-19/h5,14,16H,6-11,20H2,1-4H3. The Balaban J connectivity index is 1.75. The molecule has 4 aliphatic carbocycles. The summed E-state index contributed by atoms with van der Waals surface area (Å²) in [7, 11) is 0. The van der Waals surface area contributed by atoms with Crippen molar-refractivity contribution in [2.45, 2.75) is 72.3 Å². The van der Waals surface area contributed by atoms with Crippen LogP contribution >= 0.6 is 11.3 Å². The zero-order chi connectivity index (χ0) is 15.0. The highest BCUT2D eigenvalue weighted by Crippen LogP contribution is 2.72. The molecule has 1 aromatic rings. The molecular weight excluding hydrogens is 274 g/mol. The number of rotatable bonds is 2. The Morgan fingerprint density at radius 2 is 1.71 bits per heavy atom. The number of nitrogens with two attached hydrogens (primary N) is 1. The van der Waals surface area contributed by atoms with Gasteiger partial charge in [0.25, 0.3) is 0 Å². The lowest BCUT2D eigenvalue weighted by Crippen LogP contribution is -2.58. The molecule has 5 rings (SSSR count). The Kier molecular flexibility index (Phi) is 2.81. The number of hydrogen-bond acceptors (Lipinski definition) is 2. The molecule has 4 saturated carbocycles. The van der Waals surface area contributed by atoms with Crippen molar-refractivity contribution in [3.8, 4) is 0 Å². The molecule has 4 aliphatic rings. The molecule has 0 aromatic carbocycles. The van der Waals surface area contributed by atoms with Crippen LogP contribution in [-0.4, -0.2) is 0 Å². The smallest absolute Gasteiger partial charge is 0.0450 e. The van der Waals surface area contributed by atoms with Crippen LogP contribution < -0.4 is 5.73 Å². The maximum atomic E-state index is 6.94. The van der Waals surface area contributed by atoms with Crippen molar-refractivity contribution in [3.05, 3.63) is 21.4 Å². The van der Waals surface area contributed by atoms with Gasteiger partial charge in [0.1, 0.15) is 0 Å². The first-order valence-corrected chi connectivity index (χ1v) is 9.37. The Morgan fingerprint density at radius 3 is 2.19 bits per heavy atom. The molecule has 0 amide bonds. The first-order chi connectivity index (χ1) is 9.73. The zero-order valence-corrected chi connectivity index (χ0v) is 14.8. The van der Waals surface area contributed by atoms with E-state index in [4.69, 9.17) is 5.73 Å². The van der Waals surface area contributed by atoms with E-state index in [-0.39, 0.29) is 6.04 Å². The fourth-order valence-corrected chi connectivity index (χ4v) is 8.31. The molecule has 1 aromatic heterocycles. The van der Waals surface area contributed by atoms with E-state index in [1.807, 2.05) is 11.3 Å². The second-order valence-corrected chi connectivity index (χ2v) is 10.7. The van der Waals surface area contributed by atoms with E-state index >= 15 is 0 Å². The van der Waals surface area contributed by atoms with E-state index in [1.54, 1.807) is 0 Å². The van der Waals surface area contributed by atoms with Crippen molar-refractivity contribution in [1.29, 1.82) is 0 Å². The maximum Gasteiger partial charge on any atom is 0.0450 e. The summed E-state index contributed by atoms with van der Waals surface area (Å²) < 4.78 is 0. The quantitative estimate of drug-likeness (QED) is 0.782. The Bertz CT molecular complexity index is 568. The SMILES string of the molecule is Cc1cc(C)c(C(N)C23CC4CC(C)(CC(C)(C4)C2)C3)s1. The maximum absolute atomic E-state index is 6.94. The van der Waals surface area contributed by atoms with Crippen LogP contribution in [-0.2, 0) is 0 Å². The highest BCUT2D eigenvalue weighted by Gasteiger charge is 2.62. The minimum Gasteiger partial charge on any atom is -0.323 e. The number of aryl methyl sites for hydroxylation is 2. The largest absolute Gasteiger partial charge is 0.323 e. The molecular formula is C19H29NS. The van der Waals surface area contributed by atoms with Gasteiger partial charge in [0.2, 0.25) is 0 Å². The van der Waals surface area contributed by atoms with Gasteiger partial charge in [-0.1, -0.05) is 13.8 Å². The van der Waals surface area contributed by atoms with Crippen LogP contribution in [0.3, 0.4) is 0 Å². The van der Waals surface area contributed by atoms with Gasteiger partial charge in [0.15, 0.2) is 0 Å². The molecule has 1 nitrogen and oxygen atoms in total. The molecule has 0 saturated heterocycles. The summed E-state index contributed by atoms with van der Waals surface area (Å²) in [6.07, 6.45) is 8.47. The number of thiophene rings is 1. The van der Waals surface area contributed by atoms with Gasteiger partial charge in [-0.05, 0) is 86.2 Å². The summed E-state index contributed by atoms with van der Waals surface area (Å²) >= 11 is 1.94. The second-order valence-electron chi connectivity index (χ2n) is 9.37. The Morgan fingerprint density at radius 1 is 1.10 bits per heavy atom. The Hall–Kier alpha value is -0.340. The van der Waals surface area contributed by atoms with E-state index in [1.165, 1.54) is 53.8 Å². The topological polar surface area (TPSA) is 26.0 Å². The fourth-order valence-electron chi connectivity index (χ4n) is 7.13. The van der Waals surface area contributed by atoms with Gasteiger partial charge in [-0.25, -0.2) is 0 Å². The predicted molar refractivity (Wildman–Crippen MR) is 90.6 cm³/mol. The lowest BCUT2D eigenvalue weighted by molar-refractivity contribution is -0.154. The normalized spacial score (nSPS) is 46.0. The Labute approximate surface area is 133 Å². The van der Waals surface area contributed by atoms with Crippen LogP contribution in [0.4, 0.5) is 0 Å². The first kappa shape index (κ1) is 14.3. The van der Waals surface area contributed by atoms with Gasteiger partial charge in [0.05, 0.1) is 0 Å². The van der Waals surface area contributed by atoms with Crippen molar-refractivity contribution in [2.24, 2.45) is 27.9 Å². The van der Waals surface area contributed by atoms with Gasteiger partial charge >= 0.3 is 0 Å². The van der Waals surface area contributed by atoms with Crippen LogP contribution in [0.5, 0.6) is 0 Å². The van der Waals surface area contributed by atoms with Crippen LogP contribution in [0.15, 0.2) is 6.07 Å². The molecule has 21 heavy (non-hydrogen) atoms. The van der Waals surface area contributed by atoms with E-state index in [0.717, 1.165) is 5.92 Å². The van der Waals surface area contributed by atoms with E-state index < -0.39 is 0 Å². The molecule has 4 bridgehead atoms. The summed E-state index contributed by atoms with van der Waals surface area (Å²) in [5.74, 6) is 0.934. The van der Waals surface area contributed by atoms with Crippen molar-refractivity contribution in [3.63, 3.8) is 0 Å². The monoisotopic (exact) mass is 303 g/mol. The second kappa shape index (κ2) is 4.14. The molecule has 2 heteroatoms. The molecule has 0 aliphatic heterocycles. The summed E-state index contributed by atoms with van der Waals surface area (Å²) in [4.78, 5) is 2.89. The third kappa shape index (κ3) is 2.05. The lowest BCUT2D eigenvalue weighted by Gasteiger charge is -2.66. The highest BCUT2D eigenvalue weighted by atomic mass is 32.1. The van der Waals surface area contributed by atoms with Crippen molar-refractivity contribution >= 4 is 11.3 Å². The van der Waals surface area contributed by atoms with Gasteiger partial charge in [-0.2, -0.15) is 0 Å². The van der Waals surface area contributed by atoms with Crippen molar-refractivity contribution in [2.75, 3.05) is 0 Å². The molecule has 0 spiro atoms. The van der Waals surface area contributed by atoms with Crippen molar-refractivity contribution < 1.29 is 0 Å². The van der Waals surface area contributed by atoms with Crippen molar-refractivity contribution in [1.82, 2.24) is 0 Å². The third-order valence-electron chi connectivity index (χ3n) is 6.69. The van der Waals surface area contributed by atoms with Gasteiger partial charge in [0, 0.05) is 15.8 Å². The first-order valence-electron chi connectivity index (χ1n) is 8.55. The molecule has 2 N–H and O–H groups in total. The summed E-state index contributed by atoms with van der Waals surface area (Å²) in [6.45, 7) is 9.56. The van der Waals surface area contributed by atoms with Crippen LogP contribution in [0.1, 0.15) is 73.7 Å². The molecule has 3 atom stereocenters. The number of hydrogen-bond donors (Lipinski definition) is 1. The molecule has 4 fully saturated rings. The summed E-state index contributed by atoms with van der Waals surface area (Å²) in [5.41, 5.74) is 9.87. The molecule has 1 heterocycles. The summed E-state index contributed by atoms with van der Waals surface area (Å²) in [6, 6.07) is 2.59. The molecule has 3 unspecified atom stereocenters. The molecule has 116 valence electrons. The fraction of sp³-hybridized carbons (Fsp3) is 0.789. The van der Waals surface area contributed by atoms with E-state index in [9.17, 15) is 0 Å². The van der Waals surface area contributed by atoms with Gasteiger partial charge < -0.3 is 5.73 Å². The minimum absolute atomic E-state index is 0.262. The van der Waals surface area contributed by atoms with E-state index in [2.05, 4.69) is 33.8 Å². The van der Waals surface area contributed by atoms with Gasteiger partial charge in [-0.15, -0.1) is 11.3 Å². The predicted octanol–water partition coefficient (Wildman–Crippen LogP) is 5.36. The molecule has 0 radical (unpaired) electrons. The third-order valence-corrected chi connectivity index (χ3v) is 7.93. The van der Waals surface area contributed by atoms with Crippen LogP contribution in [0.2, 0.25) is 0 Å². The summed E-state index contributed by atoms with van der Waals surface area (Å²) in [5, 5.41) is 0. The highest BCUT2D eigenvalue weighted by molar-refractivity contribution is 7.12. The van der Waals surface area contributed by atoms with Crippen LogP contribution in [0, 0.1) is 36.0 Å². The average Bonchev–Trinajstić information content (AvgIpc) is 2.62. The zero-order valence-electron chi connectivity index (χ0n) is 14.0.